The molecule has 1 aromatic rings. The SMILES string of the molecule is CCCC(Nc1ccccc1C(C)(C)C)C(=O)O. The number of aliphatic carboxylic acids is 1. The molecule has 0 aliphatic rings. The van der Waals surface area contributed by atoms with Crippen LogP contribution in [0.25, 0.3) is 0 Å². The molecule has 0 heterocycles. The highest BCUT2D eigenvalue weighted by molar-refractivity contribution is 5.77. The Balaban J connectivity index is 2.99. The molecule has 0 radical (unpaired) electrons. The molecule has 2 N–H and O–H groups in total. The highest BCUT2D eigenvalue weighted by Crippen LogP contribution is 2.29. The predicted molar refractivity (Wildman–Crippen MR) is 75.1 cm³/mol. The molecule has 1 atom stereocenters. The number of anilines is 1. The van der Waals surface area contributed by atoms with Gasteiger partial charge in [0.2, 0.25) is 0 Å². The van der Waals surface area contributed by atoms with Crippen LogP contribution >= 0.6 is 0 Å². The van der Waals surface area contributed by atoms with E-state index in [1.54, 1.807) is 0 Å². The maximum Gasteiger partial charge on any atom is 0.326 e. The van der Waals surface area contributed by atoms with Crippen LogP contribution in [0.5, 0.6) is 0 Å². The average Bonchev–Trinajstić information content (AvgIpc) is 2.27. The Bertz CT molecular complexity index is 407. The number of para-hydroxylation sites is 1. The lowest BCUT2D eigenvalue weighted by molar-refractivity contribution is -0.138. The summed E-state index contributed by atoms with van der Waals surface area (Å²) in [5, 5.41) is 12.4. The van der Waals surface area contributed by atoms with Crippen molar-refractivity contribution in [3.05, 3.63) is 29.8 Å². The van der Waals surface area contributed by atoms with Gasteiger partial charge in [-0.15, -0.1) is 0 Å². The second-order valence-corrected chi connectivity index (χ2v) is 5.62. The fraction of sp³-hybridized carbons (Fsp3) is 0.533. The summed E-state index contributed by atoms with van der Waals surface area (Å²) in [4.78, 5) is 11.2. The third-order valence-electron chi connectivity index (χ3n) is 2.94. The van der Waals surface area contributed by atoms with E-state index in [4.69, 9.17) is 0 Å². The molecule has 0 amide bonds. The highest BCUT2D eigenvalue weighted by atomic mass is 16.4. The first-order chi connectivity index (χ1) is 8.36. The molecule has 0 saturated carbocycles. The van der Waals surface area contributed by atoms with Gasteiger partial charge >= 0.3 is 5.97 Å². The van der Waals surface area contributed by atoms with Crippen LogP contribution in [-0.2, 0) is 10.2 Å². The molecule has 0 bridgehead atoms. The van der Waals surface area contributed by atoms with Crippen molar-refractivity contribution < 1.29 is 9.90 Å². The molecule has 0 saturated heterocycles. The van der Waals surface area contributed by atoms with Crippen LogP contribution in [-0.4, -0.2) is 17.1 Å². The molecule has 0 spiro atoms. The summed E-state index contributed by atoms with van der Waals surface area (Å²) < 4.78 is 0. The summed E-state index contributed by atoms with van der Waals surface area (Å²) in [6, 6.07) is 7.40. The molecule has 0 aliphatic carbocycles. The lowest BCUT2D eigenvalue weighted by Gasteiger charge is -2.25. The zero-order valence-corrected chi connectivity index (χ0v) is 11.7. The third-order valence-corrected chi connectivity index (χ3v) is 2.94. The van der Waals surface area contributed by atoms with Crippen molar-refractivity contribution in [1.82, 2.24) is 0 Å². The molecule has 1 unspecified atom stereocenters. The number of hydrogen-bond acceptors (Lipinski definition) is 2. The smallest absolute Gasteiger partial charge is 0.326 e. The van der Waals surface area contributed by atoms with Gasteiger partial charge in [-0.25, -0.2) is 4.79 Å². The maximum atomic E-state index is 11.2. The summed E-state index contributed by atoms with van der Waals surface area (Å²) in [6.07, 6.45) is 1.48. The molecule has 0 fully saturated rings. The van der Waals surface area contributed by atoms with Crippen LogP contribution in [0.1, 0.15) is 46.1 Å². The van der Waals surface area contributed by atoms with Crippen molar-refractivity contribution in [2.45, 2.75) is 52.0 Å². The van der Waals surface area contributed by atoms with Crippen molar-refractivity contribution in [3.63, 3.8) is 0 Å². The van der Waals surface area contributed by atoms with Gasteiger partial charge in [0.1, 0.15) is 6.04 Å². The van der Waals surface area contributed by atoms with Crippen molar-refractivity contribution in [3.8, 4) is 0 Å². The fourth-order valence-electron chi connectivity index (χ4n) is 2.00. The van der Waals surface area contributed by atoms with Crippen LogP contribution in [0.4, 0.5) is 5.69 Å². The van der Waals surface area contributed by atoms with Crippen LogP contribution in [0.15, 0.2) is 24.3 Å². The van der Waals surface area contributed by atoms with Crippen LogP contribution < -0.4 is 5.32 Å². The van der Waals surface area contributed by atoms with Gasteiger partial charge in [0.25, 0.3) is 0 Å². The van der Waals surface area contributed by atoms with Gasteiger partial charge in [0.05, 0.1) is 0 Å². The number of nitrogens with one attached hydrogen (secondary N) is 1. The summed E-state index contributed by atoms with van der Waals surface area (Å²) >= 11 is 0. The summed E-state index contributed by atoms with van der Waals surface area (Å²) in [7, 11) is 0. The van der Waals surface area contributed by atoms with E-state index < -0.39 is 12.0 Å². The summed E-state index contributed by atoms with van der Waals surface area (Å²) in [5.41, 5.74) is 2.07. The Morgan fingerprint density at radius 3 is 2.44 bits per heavy atom. The molecule has 0 aromatic heterocycles. The summed E-state index contributed by atoms with van der Waals surface area (Å²) in [5.74, 6) is -0.791. The Hall–Kier alpha value is -1.51. The number of hydrogen-bond donors (Lipinski definition) is 2. The number of carboxylic acid groups (broad SMARTS) is 1. The monoisotopic (exact) mass is 249 g/mol. The fourth-order valence-corrected chi connectivity index (χ4v) is 2.00. The van der Waals surface area contributed by atoms with Crippen molar-refractivity contribution in [1.29, 1.82) is 0 Å². The van der Waals surface area contributed by atoms with E-state index in [0.717, 1.165) is 17.7 Å². The van der Waals surface area contributed by atoms with Crippen molar-refractivity contribution in [2.75, 3.05) is 5.32 Å². The summed E-state index contributed by atoms with van der Waals surface area (Å²) in [6.45, 7) is 8.38. The molecular weight excluding hydrogens is 226 g/mol. The third kappa shape index (κ3) is 3.76. The van der Waals surface area contributed by atoms with Gasteiger partial charge in [-0.1, -0.05) is 52.3 Å². The Morgan fingerprint density at radius 2 is 1.94 bits per heavy atom. The topological polar surface area (TPSA) is 49.3 Å². The van der Waals surface area contributed by atoms with Gasteiger partial charge in [-0.05, 0) is 23.5 Å². The number of rotatable bonds is 5. The quantitative estimate of drug-likeness (QED) is 0.837. The van der Waals surface area contributed by atoms with E-state index in [0.29, 0.717) is 6.42 Å². The number of benzene rings is 1. The van der Waals surface area contributed by atoms with Crippen molar-refractivity contribution >= 4 is 11.7 Å². The zero-order chi connectivity index (χ0) is 13.8. The molecule has 18 heavy (non-hydrogen) atoms. The minimum atomic E-state index is -0.791. The Kier molecular flexibility index (Phi) is 4.76. The van der Waals surface area contributed by atoms with E-state index >= 15 is 0 Å². The molecule has 3 heteroatoms. The highest BCUT2D eigenvalue weighted by Gasteiger charge is 2.21. The molecule has 3 nitrogen and oxygen atoms in total. The van der Waals surface area contributed by atoms with E-state index in [1.807, 2.05) is 31.2 Å². The molecule has 1 aromatic carbocycles. The number of carboxylic acids is 1. The van der Waals surface area contributed by atoms with Gasteiger partial charge < -0.3 is 10.4 Å². The first-order valence-electron chi connectivity index (χ1n) is 6.45. The lowest BCUT2D eigenvalue weighted by atomic mass is 9.85. The van der Waals surface area contributed by atoms with E-state index in [2.05, 4.69) is 26.1 Å². The first kappa shape index (κ1) is 14.6. The Morgan fingerprint density at radius 1 is 1.33 bits per heavy atom. The second-order valence-electron chi connectivity index (χ2n) is 5.62. The van der Waals surface area contributed by atoms with Crippen LogP contribution in [0.2, 0.25) is 0 Å². The Labute approximate surface area is 109 Å². The first-order valence-corrected chi connectivity index (χ1v) is 6.45. The average molecular weight is 249 g/mol. The maximum absolute atomic E-state index is 11.2. The van der Waals surface area contributed by atoms with Crippen molar-refractivity contribution in [2.24, 2.45) is 0 Å². The predicted octanol–water partition coefficient (Wildman–Crippen LogP) is 3.65. The molecule has 0 aliphatic heterocycles. The van der Waals surface area contributed by atoms with E-state index in [9.17, 15) is 9.90 Å². The lowest BCUT2D eigenvalue weighted by Crippen LogP contribution is -2.30. The molecular formula is C15H23NO2. The van der Waals surface area contributed by atoms with Gasteiger partial charge in [-0.3, -0.25) is 0 Å². The minimum absolute atomic E-state index is 0.00113. The van der Waals surface area contributed by atoms with Gasteiger partial charge in [0.15, 0.2) is 0 Å². The normalized spacial score (nSPS) is 13.1. The largest absolute Gasteiger partial charge is 0.480 e. The van der Waals surface area contributed by atoms with Crippen LogP contribution in [0.3, 0.4) is 0 Å². The molecule has 1 rings (SSSR count). The minimum Gasteiger partial charge on any atom is -0.480 e. The molecule has 100 valence electrons. The number of carbonyl (C=O) groups is 1. The zero-order valence-electron chi connectivity index (χ0n) is 11.7. The van der Waals surface area contributed by atoms with Gasteiger partial charge in [-0.2, -0.15) is 0 Å². The second kappa shape index (κ2) is 5.89. The van der Waals surface area contributed by atoms with Gasteiger partial charge in [0, 0.05) is 5.69 Å². The van der Waals surface area contributed by atoms with E-state index in [-0.39, 0.29) is 5.41 Å². The van der Waals surface area contributed by atoms with E-state index in [1.165, 1.54) is 0 Å². The van der Waals surface area contributed by atoms with Crippen LogP contribution in [0, 0.1) is 0 Å². The standard InChI is InChI=1S/C15H23NO2/c1-5-8-13(14(17)18)16-12-10-7-6-9-11(12)15(2,3)4/h6-7,9-10,13,16H,5,8H2,1-4H3,(H,17,18).